The van der Waals surface area contributed by atoms with Crippen molar-refractivity contribution >= 4 is 27.5 Å². The predicted molar refractivity (Wildman–Crippen MR) is 94.1 cm³/mol. The van der Waals surface area contributed by atoms with Crippen LogP contribution in [-0.4, -0.2) is 14.2 Å². The Labute approximate surface area is 136 Å². The van der Waals surface area contributed by atoms with Crippen molar-refractivity contribution < 1.29 is 8.42 Å². The van der Waals surface area contributed by atoms with E-state index in [0.717, 1.165) is 21.8 Å². The standard InChI is InChI=1S/C17H19NO2S2/c1-4-11-21-17-8-6-5-7-16(17)18-22(19,20)15-10-9-13(2)14(3)12-15/h4-10,12,18H,1,11H2,2-3H3. The Morgan fingerprint density at radius 1 is 1.14 bits per heavy atom. The van der Waals surface area contributed by atoms with Crippen molar-refractivity contribution in [1.82, 2.24) is 0 Å². The van der Waals surface area contributed by atoms with E-state index in [4.69, 9.17) is 0 Å². The number of hydrogen-bond donors (Lipinski definition) is 1. The van der Waals surface area contributed by atoms with Crippen LogP contribution in [0.1, 0.15) is 11.1 Å². The quantitative estimate of drug-likeness (QED) is 0.630. The molecule has 2 aromatic carbocycles. The fourth-order valence-corrected chi connectivity index (χ4v) is 3.89. The van der Waals surface area contributed by atoms with Crippen LogP contribution in [0.2, 0.25) is 0 Å². The summed E-state index contributed by atoms with van der Waals surface area (Å²) in [6, 6.07) is 12.5. The van der Waals surface area contributed by atoms with E-state index in [1.54, 1.807) is 36.0 Å². The summed E-state index contributed by atoms with van der Waals surface area (Å²) in [4.78, 5) is 1.16. The summed E-state index contributed by atoms with van der Waals surface area (Å²) < 4.78 is 27.8. The van der Waals surface area contributed by atoms with Crippen LogP contribution in [0.4, 0.5) is 5.69 Å². The van der Waals surface area contributed by atoms with E-state index in [0.29, 0.717) is 5.69 Å². The second kappa shape index (κ2) is 7.03. The molecule has 5 heteroatoms. The number of thioether (sulfide) groups is 1. The van der Waals surface area contributed by atoms with E-state index < -0.39 is 10.0 Å². The van der Waals surface area contributed by atoms with Gasteiger partial charge in [-0.15, -0.1) is 18.3 Å². The Balaban J connectivity index is 2.32. The van der Waals surface area contributed by atoms with Crippen LogP contribution in [0.25, 0.3) is 0 Å². The molecule has 0 saturated carbocycles. The lowest BCUT2D eigenvalue weighted by Gasteiger charge is -2.12. The van der Waals surface area contributed by atoms with Crippen molar-refractivity contribution in [3.8, 4) is 0 Å². The summed E-state index contributed by atoms with van der Waals surface area (Å²) in [6.07, 6.45) is 1.79. The normalized spacial score (nSPS) is 11.2. The first-order valence-corrected chi connectivity index (χ1v) is 9.34. The highest BCUT2D eigenvalue weighted by Crippen LogP contribution is 2.29. The molecular weight excluding hydrogens is 314 g/mol. The molecule has 1 N–H and O–H groups in total. The third kappa shape index (κ3) is 3.93. The smallest absolute Gasteiger partial charge is 0.261 e. The minimum atomic E-state index is -3.59. The molecule has 0 bridgehead atoms. The van der Waals surface area contributed by atoms with E-state index in [1.807, 2.05) is 38.1 Å². The van der Waals surface area contributed by atoms with Gasteiger partial charge in [-0.1, -0.05) is 24.3 Å². The number of para-hydroxylation sites is 1. The molecule has 0 unspecified atom stereocenters. The Bertz CT molecular complexity index is 783. The van der Waals surface area contributed by atoms with E-state index in [2.05, 4.69) is 11.3 Å². The highest BCUT2D eigenvalue weighted by molar-refractivity contribution is 7.99. The molecule has 0 atom stereocenters. The molecule has 2 aromatic rings. The van der Waals surface area contributed by atoms with Crippen LogP contribution >= 0.6 is 11.8 Å². The third-order valence-electron chi connectivity index (χ3n) is 3.28. The maximum atomic E-state index is 12.6. The molecule has 0 aliphatic heterocycles. The zero-order valence-electron chi connectivity index (χ0n) is 12.7. The van der Waals surface area contributed by atoms with Gasteiger partial charge >= 0.3 is 0 Å². The first kappa shape index (κ1) is 16.6. The average molecular weight is 333 g/mol. The number of aryl methyl sites for hydroxylation is 2. The summed E-state index contributed by atoms with van der Waals surface area (Å²) in [5.74, 6) is 0.725. The van der Waals surface area contributed by atoms with Gasteiger partial charge in [-0.2, -0.15) is 0 Å². The van der Waals surface area contributed by atoms with Crippen LogP contribution < -0.4 is 4.72 Å². The Kier molecular flexibility index (Phi) is 5.32. The van der Waals surface area contributed by atoms with Gasteiger partial charge in [0.05, 0.1) is 10.6 Å². The molecule has 0 amide bonds. The van der Waals surface area contributed by atoms with Gasteiger partial charge < -0.3 is 0 Å². The minimum absolute atomic E-state index is 0.277. The Morgan fingerprint density at radius 3 is 2.55 bits per heavy atom. The largest absolute Gasteiger partial charge is 0.278 e. The summed E-state index contributed by atoms with van der Waals surface area (Å²) in [6.45, 7) is 7.55. The molecular formula is C17H19NO2S2. The molecule has 3 nitrogen and oxygen atoms in total. The Hall–Kier alpha value is -1.72. The SMILES string of the molecule is C=CCSc1ccccc1NS(=O)(=O)c1ccc(C)c(C)c1. The molecule has 2 rings (SSSR count). The fraction of sp³-hybridized carbons (Fsp3) is 0.176. The first-order valence-electron chi connectivity index (χ1n) is 6.87. The number of nitrogens with one attached hydrogen (secondary N) is 1. The molecule has 0 aliphatic rings. The molecule has 0 spiro atoms. The average Bonchev–Trinajstić information content (AvgIpc) is 2.48. The molecule has 0 aromatic heterocycles. The molecule has 0 heterocycles. The van der Waals surface area contributed by atoms with Gasteiger partial charge in [0.15, 0.2) is 0 Å². The van der Waals surface area contributed by atoms with Gasteiger partial charge in [-0.25, -0.2) is 8.42 Å². The maximum absolute atomic E-state index is 12.6. The monoisotopic (exact) mass is 333 g/mol. The van der Waals surface area contributed by atoms with Crippen molar-refractivity contribution in [2.24, 2.45) is 0 Å². The fourth-order valence-electron chi connectivity index (χ4n) is 1.91. The number of sulfonamides is 1. The van der Waals surface area contributed by atoms with E-state index >= 15 is 0 Å². The molecule has 22 heavy (non-hydrogen) atoms. The van der Waals surface area contributed by atoms with Crippen LogP contribution in [0.15, 0.2) is 64.9 Å². The minimum Gasteiger partial charge on any atom is -0.278 e. The van der Waals surface area contributed by atoms with Gasteiger partial charge in [0.2, 0.25) is 0 Å². The van der Waals surface area contributed by atoms with Crippen molar-refractivity contribution in [2.75, 3.05) is 10.5 Å². The summed E-state index contributed by atoms with van der Waals surface area (Å²) >= 11 is 1.54. The van der Waals surface area contributed by atoms with Crippen molar-refractivity contribution in [2.45, 2.75) is 23.6 Å². The third-order valence-corrected chi connectivity index (χ3v) is 5.71. The van der Waals surface area contributed by atoms with Crippen LogP contribution in [0, 0.1) is 13.8 Å². The second-order valence-corrected chi connectivity index (χ2v) is 7.69. The highest BCUT2D eigenvalue weighted by Gasteiger charge is 2.16. The maximum Gasteiger partial charge on any atom is 0.261 e. The molecule has 116 valence electrons. The molecule has 0 radical (unpaired) electrons. The number of anilines is 1. The van der Waals surface area contributed by atoms with Crippen LogP contribution in [0.5, 0.6) is 0 Å². The first-order chi connectivity index (χ1) is 10.4. The predicted octanol–water partition coefficient (Wildman–Crippen LogP) is 4.38. The summed E-state index contributed by atoms with van der Waals surface area (Å²) in [7, 11) is -3.59. The molecule has 0 fully saturated rings. The van der Waals surface area contributed by atoms with Crippen molar-refractivity contribution in [3.63, 3.8) is 0 Å². The lowest BCUT2D eigenvalue weighted by Crippen LogP contribution is -2.13. The topological polar surface area (TPSA) is 46.2 Å². The van der Waals surface area contributed by atoms with Crippen LogP contribution in [0.3, 0.4) is 0 Å². The zero-order chi connectivity index (χ0) is 16.2. The number of benzene rings is 2. The molecule has 0 aliphatic carbocycles. The lowest BCUT2D eigenvalue weighted by molar-refractivity contribution is 0.601. The highest BCUT2D eigenvalue weighted by atomic mass is 32.2. The van der Waals surface area contributed by atoms with Gasteiger partial charge in [0, 0.05) is 10.6 Å². The van der Waals surface area contributed by atoms with Gasteiger partial charge in [0.25, 0.3) is 10.0 Å². The van der Waals surface area contributed by atoms with E-state index in [9.17, 15) is 8.42 Å². The van der Waals surface area contributed by atoms with Gasteiger partial charge in [-0.05, 0) is 49.2 Å². The number of hydrogen-bond acceptors (Lipinski definition) is 3. The van der Waals surface area contributed by atoms with Crippen LogP contribution in [-0.2, 0) is 10.0 Å². The van der Waals surface area contributed by atoms with E-state index in [1.165, 1.54) is 0 Å². The van der Waals surface area contributed by atoms with E-state index in [-0.39, 0.29) is 4.90 Å². The lowest BCUT2D eigenvalue weighted by atomic mass is 10.1. The van der Waals surface area contributed by atoms with Crippen molar-refractivity contribution in [1.29, 1.82) is 0 Å². The van der Waals surface area contributed by atoms with Crippen molar-refractivity contribution in [3.05, 3.63) is 66.2 Å². The molecule has 0 saturated heterocycles. The number of rotatable bonds is 6. The van der Waals surface area contributed by atoms with Gasteiger partial charge in [0.1, 0.15) is 0 Å². The van der Waals surface area contributed by atoms with Gasteiger partial charge in [-0.3, -0.25) is 4.72 Å². The summed E-state index contributed by atoms with van der Waals surface area (Å²) in [5, 5.41) is 0. The zero-order valence-corrected chi connectivity index (χ0v) is 14.3. The summed E-state index contributed by atoms with van der Waals surface area (Å²) in [5.41, 5.74) is 2.62. The Morgan fingerprint density at radius 2 is 1.86 bits per heavy atom. The second-order valence-electron chi connectivity index (χ2n) is 4.95.